The maximum absolute atomic E-state index is 14.7. The van der Waals surface area contributed by atoms with E-state index >= 15 is 0 Å². The zero-order valence-corrected chi connectivity index (χ0v) is 22.3. The van der Waals surface area contributed by atoms with Crippen LogP contribution in [0.25, 0.3) is 0 Å². The molecule has 1 saturated heterocycles. The quantitative estimate of drug-likeness (QED) is 0.360. The molecule has 2 N–H and O–H groups in total. The summed E-state index contributed by atoms with van der Waals surface area (Å²) in [5.74, 6) is -0.377. The number of aliphatic hydroxyl groups is 1. The van der Waals surface area contributed by atoms with Crippen molar-refractivity contribution >= 4 is 21.4 Å². The molecule has 40 heavy (non-hydrogen) atoms. The number of ether oxygens (including phenoxy) is 1. The molecule has 1 fully saturated rings. The predicted octanol–water partition coefficient (Wildman–Crippen LogP) is 4.57. The second-order valence-corrected chi connectivity index (χ2v) is 11.6. The Morgan fingerprint density at radius 2 is 1.65 bits per heavy atom. The van der Waals surface area contributed by atoms with Crippen LogP contribution in [0.1, 0.15) is 34.5 Å². The standard InChI is InChI=1S/C28H28F4N2O5S/c1-2-40(37,38)23-13-5-18(6-14-23)25(17-35)33-27(36)19-3-9-21(10-4-19)34-15-24(29)26(16-34)39-22-11-7-20(8-12-22)28(30,31)32/h3-14,24-26,35H,2,15-17H2,1H3,(H,33,36)/t24?,25-,26?/m0/s1. The van der Waals surface area contributed by atoms with Gasteiger partial charge >= 0.3 is 6.18 Å². The summed E-state index contributed by atoms with van der Waals surface area (Å²) < 4.78 is 82.6. The van der Waals surface area contributed by atoms with E-state index in [2.05, 4.69) is 5.32 Å². The predicted molar refractivity (Wildman–Crippen MR) is 141 cm³/mol. The monoisotopic (exact) mass is 580 g/mol. The lowest BCUT2D eigenvalue weighted by molar-refractivity contribution is -0.137. The zero-order chi connectivity index (χ0) is 29.1. The third-order valence-corrected chi connectivity index (χ3v) is 8.42. The molecule has 1 heterocycles. The first-order valence-corrected chi connectivity index (χ1v) is 14.1. The first kappa shape index (κ1) is 29.3. The van der Waals surface area contributed by atoms with E-state index in [9.17, 15) is 35.9 Å². The number of alkyl halides is 4. The van der Waals surface area contributed by atoms with E-state index in [1.807, 2.05) is 0 Å². The molecule has 2 unspecified atom stereocenters. The van der Waals surface area contributed by atoms with Crippen LogP contribution < -0.4 is 15.0 Å². The van der Waals surface area contributed by atoms with Crippen molar-refractivity contribution in [1.82, 2.24) is 5.32 Å². The molecule has 0 spiro atoms. The molecule has 7 nitrogen and oxygen atoms in total. The molecule has 3 aromatic carbocycles. The van der Waals surface area contributed by atoms with Gasteiger partial charge in [0.15, 0.2) is 16.0 Å². The summed E-state index contributed by atoms with van der Waals surface area (Å²) >= 11 is 0. The number of rotatable bonds is 9. The number of nitrogens with zero attached hydrogens (tertiary/aromatic N) is 1. The first-order valence-electron chi connectivity index (χ1n) is 12.5. The molecule has 1 aliphatic rings. The van der Waals surface area contributed by atoms with Gasteiger partial charge in [0.25, 0.3) is 5.91 Å². The number of carbonyl (C=O) groups is 1. The van der Waals surface area contributed by atoms with Crippen molar-refractivity contribution in [2.75, 3.05) is 30.3 Å². The van der Waals surface area contributed by atoms with Crippen LogP contribution in [-0.4, -0.2) is 57.2 Å². The van der Waals surface area contributed by atoms with Gasteiger partial charge in [0, 0.05) is 11.3 Å². The molecule has 4 rings (SSSR count). The first-order chi connectivity index (χ1) is 18.9. The summed E-state index contributed by atoms with van der Waals surface area (Å²) in [7, 11) is -3.38. The van der Waals surface area contributed by atoms with Gasteiger partial charge in [-0.1, -0.05) is 19.1 Å². The van der Waals surface area contributed by atoms with Crippen molar-refractivity contribution in [2.24, 2.45) is 0 Å². The molecule has 3 atom stereocenters. The summed E-state index contributed by atoms with van der Waals surface area (Å²) in [6.07, 6.45) is -6.74. The van der Waals surface area contributed by atoms with Gasteiger partial charge in [-0.25, -0.2) is 12.8 Å². The Labute approximate surface area is 229 Å². The number of hydrogen-bond acceptors (Lipinski definition) is 6. The van der Waals surface area contributed by atoms with Crippen LogP contribution >= 0.6 is 0 Å². The number of anilines is 1. The number of halogens is 4. The van der Waals surface area contributed by atoms with Crippen LogP contribution in [0.4, 0.5) is 23.2 Å². The van der Waals surface area contributed by atoms with Crippen LogP contribution in [0.5, 0.6) is 5.75 Å². The Morgan fingerprint density at radius 3 is 2.20 bits per heavy atom. The van der Waals surface area contributed by atoms with E-state index < -0.39 is 52.4 Å². The summed E-state index contributed by atoms with van der Waals surface area (Å²) in [6.45, 7) is 1.30. The molecule has 1 amide bonds. The maximum Gasteiger partial charge on any atom is 0.416 e. The van der Waals surface area contributed by atoms with Gasteiger partial charge in [-0.15, -0.1) is 0 Å². The number of carbonyl (C=O) groups excluding carboxylic acids is 1. The molecular formula is C28H28F4N2O5S. The van der Waals surface area contributed by atoms with Gasteiger partial charge in [0.05, 0.1) is 42.0 Å². The topological polar surface area (TPSA) is 95.9 Å². The average molecular weight is 581 g/mol. The lowest BCUT2D eigenvalue weighted by Gasteiger charge is -2.20. The highest BCUT2D eigenvalue weighted by molar-refractivity contribution is 7.91. The van der Waals surface area contributed by atoms with Crippen molar-refractivity contribution in [1.29, 1.82) is 0 Å². The van der Waals surface area contributed by atoms with Crippen LogP contribution in [0.3, 0.4) is 0 Å². The Balaban J connectivity index is 1.36. The highest BCUT2D eigenvalue weighted by atomic mass is 32.2. The number of aliphatic hydroxyl groups excluding tert-OH is 1. The molecule has 0 bridgehead atoms. The molecule has 0 aromatic heterocycles. The molecule has 0 aliphatic carbocycles. The average Bonchev–Trinajstić information content (AvgIpc) is 3.31. The van der Waals surface area contributed by atoms with Crippen LogP contribution in [0, 0.1) is 0 Å². The Morgan fingerprint density at radius 1 is 1.02 bits per heavy atom. The summed E-state index contributed by atoms with van der Waals surface area (Å²) in [5.41, 5.74) is 0.636. The largest absolute Gasteiger partial charge is 0.485 e. The Hall–Kier alpha value is -3.64. The van der Waals surface area contributed by atoms with Gasteiger partial charge in [-0.2, -0.15) is 13.2 Å². The number of sulfone groups is 1. The molecule has 3 aromatic rings. The number of benzene rings is 3. The number of amides is 1. The van der Waals surface area contributed by atoms with E-state index in [1.165, 1.54) is 24.3 Å². The fraction of sp³-hybridized carbons (Fsp3) is 0.321. The molecule has 214 valence electrons. The van der Waals surface area contributed by atoms with Crippen LogP contribution in [-0.2, 0) is 16.0 Å². The van der Waals surface area contributed by atoms with Gasteiger partial charge in [-0.05, 0) is 66.2 Å². The minimum absolute atomic E-state index is 0.00712. The van der Waals surface area contributed by atoms with Crippen molar-refractivity contribution in [2.45, 2.75) is 36.3 Å². The zero-order valence-electron chi connectivity index (χ0n) is 21.4. The molecule has 1 aliphatic heterocycles. The van der Waals surface area contributed by atoms with Crippen molar-refractivity contribution in [3.8, 4) is 5.75 Å². The van der Waals surface area contributed by atoms with E-state index in [4.69, 9.17) is 4.74 Å². The lowest BCUT2D eigenvalue weighted by atomic mass is 10.1. The third kappa shape index (κ3) is 6.73. The van der Waals surface area contributed by atoms with E-state index in [-0.39, 0.29) is 29.5 Å². The second-order valence-electron chi connectivity index (χ2n) is 9.33. The molecule has 0 saturated carbocycles. The van der Waals surface area contributed by atoms with Gasteiger partial charge in [-0.3, -0.25) is 4.79 Å². The summed E-state index contributed by atoms with van der Waals surface area (Å²) in [6, 6.07) is 15.6. The highest BCUT2D eigenvalue weighted by Crippen LogP contribution is 2.31. The van der Waals surface area contributed by atoms with E-state index in [0.717, 1.165) is 24.3 Å². The highest BCUT2D eigenvalue weighted by Gasteiger charge is 2.35. The van der Waals surface area contributed by atoms with Crippen LogP contribution in [0.2, 0.25) is 0 Å². The molecule has 12 heteroatoms. The minimum atomic E-state index is -4.47. The smallest absolute Gasteiger partial charge is 0.416 e. The van der Waals surface area contributed by atoms with Gasteiger partial charge < -0.3 is 20.1 Å². The molecule has 0 radical (unpaired) electrons. The van der Waals surface area contributed by atoms with E-state index in [0.29, 0.717) is 16.8 Å². The fourth-order valence-electron chi connectivity index (χ4n) is 4.33. The SMILES string of the molecule is CCS(=O)(=O)c1ccc([C@H](CO)NC(=O)c2ccc(N3CC(F)C(Oc4ccc(C(F)(F)F)cc4)C3)cc2)cc1. The van der Waals surface area contributed by atoms with Gasteiger partial charge in [0.2, 0.25) is 0 Å². The second kappa shape index (κ2) is 11.8. The van der Waals surface area contributed by atoms with Crippen molar-refractivity contribution in [3.05, 3.63) is 89.5 Å². The summed E-state index contributed by atoms with van der Waals surface area (Å²) in [4.78, 5) is 14.7. The maximum atomic E-state index is 14.7. The van der Waals surface area contributed by atoms with Crippen molar-refractivity contribution in [3.63, 3.8) is 0 Å². The van der Waals surface area contributed by atoms with Crippen LogP contribution in [0.15, 0.2) is 77.7 Å². The van der Waals surface area contributed by atoms with Crippen molar-refractivity contribution < 1.29 is 40.6 Å². The normalized spacial score (nSPS) is 18.4. The minimum Gasteiger partial charge on any atom is -0.485 e. The van der Waals surface area contributed by atoms with E-state index in [1.54, 1.807) is 36.1 Å². The van der Waals surface area contributed by atoms with Gasteiger partial charge in [0.1, 0.15) is 11.9 Å². The lowest BCUT2D eigenvalue weighted by Crippen LogP contribution is -2.31. The Kier molecular flexibility index (Phi) is 8.69. The summed E-state index contributed by atoms with van der Waals surface area (Å²) in [5, 5.41) is 12.5. The number of nitrogens with one attached hydrogen (secondary N) is 1. The third-order valence-electron chi connectivity index (χ3n) is 6.67. The number of hydrogen-bond donors (Lipinski definition) is 2. The Bertz CT molecular complexity index is 1410. The molecular weight excluding hydrogens is 552 g/mol. The fourth-order valence-corrected chi connectivity index (χ4v) is 5.21.